The standard InChI is InChI=1S/C19H13ClF3N5OS/c1-27-10-25-15-16(27)26-18(28(17(15)29)13-5-3-12(20)4-6-13)30-9-11-2-7-14(24-8-11)19(21,22)23/h2-8,10H,9H2,1H3. The van der Waals surface area contributed by atoms with E-state index < -0.39 is 11.9 Å². The lowest BCUT2D eigenvalue weighted by molar-refractivity contribution is -0.141. The summed E-state index contributed by atoms with van der Waals surface area (Å²) in [5.74, 6) is 0.272. The largest absolute Gasteiger partial charge is 0.433 e. The first kappa shape index (κ1) is 20.4. The summed E-state index contributed by atoms with van der Waals surface area (Å²) in [5, 5.41) is 0.891. The minimum absolute atomic E-state index is 0.216. The van der Waals surface area contributed by atoms with Crippen LogP contribution in [-0.2, 0) is 19.0 Å². The highest BCUT2D eigenvalue weighted by molar-refractivity contribution is 7.98. The molecule has 30 heavy (non-hydrogen) atoms. The lowest BCUT2D eigenvalue weighted by Crippen LogP contribution is -2.22. The van der Waals surface area contributed by atoms with Crippen molar-refractivity contribution in [3.05, 3.63) is 75.6 Å². The van der Waals surface area contributed by atoms with Gasteiger partial charge in [0, 0.05) is 24.0 Å². The SMILES string of the molecule is Cn1cnc2c(=O)n(-c3ccc(Cl)cc3)c(SCc3ccc(C(F)(F)F)nc3)nc21. The van der Waals surface area contributed by atoms with Crippen LogP contribution < -0.4 is 5.56 Å². The Balaban J connectivity index is 1.73. The summed E-state index contributed by atoms with van der Waals surface area (Å²) in [6, 6.07) is 8.96. The van der Waals surface area contributed by atoms with E-state index in [0.29, 0.717) is 27.1 Å². The molecule has 0 spiro atoms. The van der Waals surface area contributed by atoms with Crippen molar-refractivity contribution in [2.45, 2.75) is 17.1 Å². The number of rotatable bonds is 4. The number of benzene rings is 1. The highest BCUT2D eigenvalue weighted by atomic mass is 35.5. The second kappa shape index (κ2) is 7.77. The molecule has 0 aliphatic rings. The molecule has 0 bridgehead atoms. The van der Waals surface area contributed by atoms with Crippen LogP contribution in [0.2, 0.25) is 5.02 Å². The summed E-state index contributed by atoms with van der Waals surface area (Å²) < 4.78 is 41.2. The van der Waals surface area contributed by atoms with E-state index in [-0.39, 0.29) is 16.8 Å². The third kappa shape index (κ3) is 3.92. The van der Waals surface area contributed by atoms with Crippen LogP contribution in [0.25, 0.3) is 16.9 Å². The zero-order chi connectivity index (χ0) is 21.5. The quantitative estimate of drug-likeness (QED) is 0.338. The van der Waals surface area contributed by atoms with Gasteiger partial charge in [0.2, 0.25) is 0 Å². The fourth-order valence-electron chi connectivity index (χ4n) is 2.78. The van der Waals surface area contributed by atoms with E-state index in [1.807, 2.05) is 0 Å². The number of halogens is 4. The van der Waals surface area contributed by atoms with E-state index in [4.69, 9.17) is 11.6 Å². The molecule has 0 fully saturated rings. The number of hydrogen-bond acceptors (Lipinski definition) is 5. The van der Waals surface area contributed by atoms with Gasteiger partial charge < -0.3 is 4.57 Å². The molecule has 0 unspecified atom stereocenters. The highest BCUT2D eigenvalue weighted by Crippen LogP contribution is 2.29. The molecule has 0 saturated heterocycles. The van der Waals surface area contributed by atoms with Crippen LogP contribution in [0.3, 0.4) is 0 Å². The monoisotopic (exact) mass is 451 g/mol. The summed E-state index contributed by atoms with van der Waals surface area (Å²) in [4.78, 5) is 25.2. The van der Waals surface area contributed by atoms with Crippen molar-refractivity contribution < 1.29 is 13.2 Å². The lowest BCUT2D eigenvalue weighted by atomic mass is 10.3. The predicted octanol–water partition coefficient (Wildman–Crippen LogP) is 4.48. The zero-order valence-corrected chi connectivity index (χ0v) is 17.0. The van der Waals surface area contributed by atoms with Gasteiger partial charge in [0.25, 0.3) is 5.56 Å². The van der Waals surface area contributed by atoms with Crippen LogP contribution in [0.5, 0.6) is 0 Å². The van der Waals surface area contributed by atoms with Crippen molar-refractivity contribution in [3.63, 3.8) is 0 Å². The number of fused-ring (bicyclic) bond motifs is 1. The Morgan fingerprint density at radius 1 is 1.10 bits per heavy atom. The summed E-state index contributed by atoms with van der Waals surface area (Å²) >= 11 is 7.16. The van der Waals surface area contributed by atoms with Gasteiger partial charge in [-0.3, -0.25) is 14.3 Å². The zero-order valence-electron chi connectivity index (χ0n) is 15.4. The van der Waals surface area contributed by atoms with Crippen LogP contribution in [0.15, 0.2) is 58.9 Å². The highest BCUT2D eigenvalue weighted by Gasteiger charge is 2.32. The second-order valence-electron chi connectivity index (χ2n) is 6.38. The first-order valence-electron chi connectivity index (χ1n) is 8.59. The van der Waals surface area contributed by atoms with Crippen LogP contribution >= 0.6 is 23.4 Å². The summed E-state index contributed by atoms with van der Waals surface area (Å²) in [6.07, 6.45) is -1.82. The Bertz CT molecular complexity index is 1270. The van der Waals surface area contributed by atoms with Gasteiger partial charge in [-0.25, -0.2) is 9.97 Å². The number of alkyl halides is 3. The Morgan fingerprint density at radius 2 is 1.83 bits per heavy atom. The molecule has 0 amide bonds. The molecule has 0 radical (unpaired) electrons. The smallest absolute Gasteiger partial charge is 0.318 e. The van der Waals surface area contributed by atoms with Gasteiger partial charge in [-0.15, -0.1) is 0 Å². The normalized spacial score (nSPS) is 11.9. The van der Waals surface area contributed by atoms with Crippen molar-refractivity contribution in [1.29, 1.82) is 0 Å². The van der Waals surface area contributed by atoms with Gasteiger partial charge in [-0.2, -0.15) is 13.2 Å². The van der Waals surface area contributed by atoms with Crippen molar-refractivity contribution >= 4 is 34.5 Å². The first-order valence-corrected chi connectivity index (χ1v) is 9.95. The number of aryl methyl sites for hydroxylation is 1. The molecule has 0 N–H and O–H groups in total. The summed E-state index contributed by atoms with van der Waals surface area (Å²) in [7, 11) is 1.72. The number of imidazole rings is 1. The average Bonchev–Trinajstić information content (AvgIpc) is 3.08. The van der Waals surface area contributed by atoms with E-state index in [1.54, 1.807) is 35.9 Å². The molecule has 1 aromatic carbocycles. The molecule has 154 valence electrons. The average molecular weight is 452 g/mol. The van der Waals surface area contributed by atoms with Gasteiger partial charge in [0.1, 0.15) is 5.69 Å². The summed E-state index contributed by atoms with van der Waals surface area (Å²) in [5.41, 5.74) is 0.443. The van der Waals surface area contributed by atoms with E-state index in [2.05, 4.69) is 15.0 Å². The van der Waals surface area contributed by atoms with Crippen molar-refractivity contribution in [2.75, 3.05) is 0 Å². The molecule has 0 atom stereocenters. The lowest BCUT2D eigenvalue weighted by Gasteiger charge is -2.12. The molecule has 6 nitrogen and oxygen atoms in total. The molecule has 3 aromatic heterocycles. The van der Waals surface area contributed by atoms with E-state index >= 15 is 0 Å². The van der Waals surface area contributed by atoms with E-state index in [0.717, 1.165) is 6.07 Å². The molecule has 0 aliphatic carbocycles. The maximum absolute atomic E-state index is 13.1. The fourth-order valence-corrected chi connectivity index (χ4v) is 3.84. The van der Waals surface area contributed by atoms with Crippen LogP contribution in [-0.4, -0.2) is 24.1 Å². The molecule has 0 aliphatic heterocycles. The number of pyridine rings is 1. The van der Waals surface area contributed by atoms with Gasteiger partial charge >= 0.3 is 6.18 Å². The number of thioether (sulfide) groups is 1. The molecular weight excluding hydrogens is 439 g/mol. The van der Waals surface area contributed by atoms with Crippen LogP contribution in [0.4, 0.5) is 13.2 Å². The number of aromatic nitrogens is 5. The third-order valence-corrected chi connectivity index (χ3v) is 5.53. The Hall–Kier alpha value is -2.85. The van der Waals surface area contributed by atoms with Crippen molar-refractivity contribution in [3.8, 4) is 5.69 Å². The molecule has 0 saturated carbocycles. The van der Waals surface area contributed by atoms with E-state index in [9.17, 15) is 18.0 Å². The van der Waals surface area contributed by atoms with Crippen molar-refractivity contribution in [1.82, 2.24) is 24.1 Å². The Labute approximate surface area is 177 Å². The molecule has 4 rings (SSSR count). The first-order chi connectivity index (χ1) is 14.2. The number of nitrogens with zero attached hydrogens (tertiary/aromatic N) is 5. The Kier molecular flexibility index (Phi) is 5.29. The minimum atomic E-state index is -4.49. The maximum Gasteiger partial charge on any atom is 0.433 e. The van der Waals surface area contributed by atoms with Gasteiger partial charge in [-0.1, -0.05) is 29.4 Å². The predicted molar refractivity (Wildman–Crippen MR) is 108 cm³/mol. The molecule has 4 aromatic rings. The third-order valence-electron chi connectivity index (χ3n) is 4.27. The molecular formula is C19H13ClF3N5OS. The summed E-state index contributed by atoms with van der Waals surface area (Å²) in [6.45, 7) is 0. The fraction of sp³-hybridized carbons (Fsp3) is 0.158. The van der Waals surface area contributed by atoms with E-state index in [1.165, 1.54) is 34.9 Å². The van der Waals surface area contributed by atoms with Gasteiger partial charge in [0.05, 0.1) is 12.0 Å². The van der Waals surface area contributed by atoms with Gasteiger partial charge in [0.15, 0.2) is 16.3 Å². The van der Waals surface area contributed by atoms with Crippen LogP contribution in [0, 0.1) is 0 Å². The number of hydrogen-bond donors (Lipinski definition) is 0. The Morgan fingerprint density at radius 3 is 2.47 bits per heavy atom. The van der Waals surface area contributed by atoms with Gasteiger partial charge in [-0.05, 0) is 35.9 Å². The minimum Gasteiger partial charge on any atom is -0.318 e. The molecule has 3 heterocycles. The second-order valence-corrected chi connectivity index (χ2v) is 7.76. The maximum atomic E-state index is 13.1. The van der Waals surface area contributed by atoms with Crippen molar-refractivity contribution in [2.24, 2.45) is 7.05 Å². The molecule has 11 heteroatoms. The van der Waals surface area contributed by atoms with Crippen LogP contribution in [0.1, 0.15) is 11.3 Å². The topological polar surface area (TPSA) is 65.6 Å².